The van der Waals surface area contributed by atoms with Crippen LogP contribution in [0.15, 0.2) is 24.5 Å². The zero-order valence-electron chi connectivity index (χ0n) is 15.4. The number of rotatable bonds is 5. The number of carbonyl (C=O) groups excluding carboxylic acids is 1. The third-order valence-corrected chi connectivity index (χ3v) is 5.08. The number of esters is 1. The van der Waals surface area contributed by atoms with Gasteiger partial charge in [0.05, 0.1) is 29.7 Å². The maximum atomic E-state index is 11.7. The van der Waals surface area contributed by atoms with E-state index >= 15 is 0 Å². The van der Waals surface area contributed by atoms with Crippen LogP contribution in [-0.4, -0.2) is 32.6 Å². The van der Waals surface area contributed by atoms with Gasteiger partial charge in [-0.05, 0) is 45.4 Å². The first-order valence-electron chi connectivity index (χ1n) is 8.23. The van der Waals surface area contributed by atoms with Crippen LogP contribution in [0.4, 0.5) is 10.9 Å². The molecule has 3 aromatic heterocycles. The Morgan fingerprint density at radius 1 is 1.31 bits per heavy atom. The van der Waals surface area contributed by atoms with E-state index in [4.69, 9.17) is 4.74 Å². The van der Waals surface area contributed by atoms with E-state index < -0.39 is 0 Å². The van der Waals surface area contributed by atoms with Crippen LogP contribution in [0.2, 0.25) is 0 Å². The van der Waals surface area contributed by atoms with E-state index in [-0.39, 0.29) is 12.0 Å². The van der Waals surface area contributed by atoms with Gasteiger partial charge >= 0.3 is 5.97 Å². The van der Waals surface area contributed by atoms with Crippen LogP contribution in [0.25, 0.3) is 11.4 Å². The molecule has 7 nitrogen and oxygen atoms in total. The molecule has 0 fully saturated rings. The molecule has 0 aliphatic heterocycles. The van der Waals surface area contributed by atoms with Crippen LogP contribution >= 0.6 is 11.3 Å². The summed E-state index contributed by atoms with van der Waals surface area (Å²) in [6.45, 7) is 8.13. The highest BCUT2D eigenvalue weighted by atomic mass is 32.1. The number of carbonyl (C=O) groups is 1. The Balaban J connectivity index is 1.92. The summed E-state index contributed by atoms with van der Waals surface area (Å²) in [5.41, 5.74) is 2.67. The summed E-state index contributed by atoms with van der Waals surface area (Å²) in [7, 11) is 1.37. The van der Waals surface area contributed by atoms with Crippen molar-refractivity contribution >= 4 is 28.3 Å². The normalized spacial score (nSPS) is 11.0. The summed E-state index contributed by atoms with van der Waals surface area (Å²) in [5, 5.41) is 4.01. The molecule has 1 N–H and O–H groups in total. The van der Waals surface area contributed by atoms with Gasteiger partial charge in [0.1, 0.15) is 10.7 Å². The smallest absolute Gasteiger partial charge is 0.348 e. The average Bonchev–Trinajstić information content (AvgIpc) is 3.18. The molecule has 0 spiro atoms. The standard InChI is InChI=1S/C18H21N5O2S/c1-10(2)23-12(4)20-9-14(23)13-6-7-19-18(21-13)22-16-11(3)8-15(26-16)17(24)25-5/h6-10H,1-5H3,(H,19,21,22). The van der Waals surface area contributed by atoms with Crippen LogP contribution in [0.5, 0.6) is 0 Å². The molecule has 0 saturated carbocycles. The third-order valence-electron chi connectivity index (χ3n) is 3.95. The van der Waals surface area contributed by atoms with Crippen molar-refractivity contribution < 1.29 is 9.53 Å². The predicted octanol–water partition coefficient (Wildman–Crippen LogP) is 4.13. The van der Waals surface area contributed by atoms with Crippen LogP contribution in [0.1, 0.15) is 40.9 Å². The second-order valence-corrected chi connectivity index (χ2v) is 7.21. The molecule has 3 rings (SSSR count). The van der Waals surface area contributed by atoms with Gasteiger partial charge in [0.2, 0.25) is 5.95 Å². The average molecular weight is 371 g/mol. The van der Waals surface area contributed by atoms with Crippen molar-refractivity contribution in [3.8, 4) is 11.4 Å². The second-order valence-electron chi connectivity index (χ2n) is 6.16. The van der Waals surface area contributed by atoms with Crippen molar-refractivity contribution in [1.29, 1.82) is 0 Å². The molecule has 0 amide bonds. The Bertz CT molecular complexity index is 945. The molecule has 0 saturated heterocycles. The minimum absolute atomic E-state index is 0.279. The number of aryl methyl sites for hydroxylation is 2. The van der Waals surface area contributed by atoms with Gasteiger partial charge in [0.15, 0.2) is 0 Å². The molecule has 0 radical (unpaired) electrons. The summed E-state index contributed by atoms with van der Waals surface area (Å²) in [6, 6.07) is 3.93. The number of nitrogens with one attached hydrogen (secondary N) is 1. The summed E-state index contributed by atoms with van der Waals surface area (Å²) >= 11 is 1.32. The molecule has 3 aromatic rings. The van der Waals surface area contributed by atoms with Crippen molar-refractivity contribution in [3.05, 3.63) is 40.8 Å². The lowest BCUT2D eigenvalue weighted by molar-refractivity contribution is 0.0606. The SMILES string of the molecule is COC(=O)c1cc(C)c(Nc2nccc(-c3cnc(C)n3C(C)C)n2)s1. The molecule has 3 heterocycles. The van der Waals surface area contributed by atoms with Crippen LogP contribution < -0.4 is 5.32 Å². The predicted molar refractivity (Wildman–Crippen MR) is 102 cm³/mol. The first-order valence-corrected chi connectivity index (χ1v) is 9.05. The minimum Gasteiger partial charge on any atom is -0.465 e. The number of anilines is 2. The lowest BCUT2D eigenvalue weighted by atomic mass is 10.2. The Morgan fingerprint density at radius 2 is 2.08 bits per heavy atom. The van der Waals surface area contributed by atoms with E-state index in [2.05, 4.69) is 38.7 Å². The molecule has 8 heteroatoms. The van der Waals surface area contributed by atoms with Gasteiger partial charge in [-0.1, -0.05) is 0 Å². The number of imidazole rings is 1. The maximum absolute atomic E-state index is 11.7. The first kappa shape index (κ1) is 18.1. The molecular weight excluding hydrogens is 350 g/mol. The van der Waals surface area contributed by atoms with E-state index in [1.54, 1.807) is 12.3 Å². The molecule has 26 heavy (non-hydrogen) atoms. The highest BCUT2D eigenvalue weighted by Gasteiger charge is 2.16. The molecule has 0 atom stereocenters. The summed E-state index contributed by atoms with van der Waals surface area (Å²) in [5.74, 6) is 1.06. The highest BCUT2D eigenvalue weighted by Crippen LogP contribution is 2.30. The summed E-state index contributed by atoms with van der Waals surface area (Å²) < 4.78 is 6.91. The summed E-state index contributed by atoms with van der Waals surface area (Å²) in [4.78, 5) is 25.6. The Morgan fingerprint density at radius 3 is 2.77 bits per heavy atom. The van der Waals surface area contributed by atoms with Crippen molar-refractivity contribution in [2.24, 2.45) is 0 Å². The monoisotopic (exact) mass is 371 g/mol. The Hall–Kier alpha value is -2.74. The molecular formula is C18H21N5O2S. The number of hydrogen-bond donors (Lipinski definition) is 1. The lowest BCUT2D eigenvalue weighted by Gasteiger charge is -2.14. The third kappa shape index (κ3) is 3.45. The second kappa shape index (κ2) is 7.25. The number of nitrogens with zero attached hydrogens (tertiary/aromatic N) is 4. The largest absolute Gasteiger partial charge is 0.465 e. The zero-order chi connectivity index (χ0) is 18.8. The number of ether oxygens (including phenoxy) is 1. The fourth-order valence-corrected chi connectivity index (χ4v) is 3.75. The van der Waals surface area contributed by atoms with Crippen molar-refractivity contribution in [3.63, 3.8) is 0 Å². The molecule has 0 unspecified atom stereocenters. The minimum atomic E-state index is -0.350. The fourth-order valence-electron chi connectivity index (χ4n) is 2.77. The quantitative estimate of drug-likeness (QED) is 0.679. The number of thiophene rings is 1. The van der Waals surface area contributed by atoms with E-state index in [0.717, 1.165) is 27.8 Å². The number of methoxy groups -OCH3 is 1. The Kier molecular flexibility index (Phi) is 5.03. The van der Waals surface area contributed by atoms with Crippen molar-refractivity contribution in [2.45, 2.75) is 33.7 Å². The van der Waals surface area contributed by atoms with Gasteiger partial charge in [-0.25, -0.2) is 19.7 Å². The van der Waals surface area contributed by atoms with E-state index in [1.807, 2.05) is 26.1 Å². The molecule has 136 valence electrons. The van der Waals surface area contributed by atoms with E-state index in [0.29, 0.717) is 10.8 Å². The van der Waals surface area contributed by atoms with Gasteiger partial charge in [-0.2, -0.15) is 0 Å². The van der Waals surface area contributed by atoms with Gasteiger partial charge in [0, 0.05) is 12.2 Å². The van der Waals surface area contributed by atoms with Crippen molar-refractivity contribution in [2.75, 3.05) is 12.4 Å². The zero-order valence-corrected chi connectivity index (χ0v) is 16.2. The summed E-state index contributed by atoms with van der Waals surface area (Å²) in [6.07, 6.45) is 3.54. The lowest BCUT2D eigenvalue weighted by Crippen LogP contribution is -2.06. The highest BCUT2D eigenvalue weighted by molar-refractivity contribution is 7.18. The van der Waals surface area contributed by atoms with Crippen molar-refractivity contribution in [1.82, 2.24) is 19.5 Å². The Labute approximate surface area is 156 Å². The fraction of sp³-hybridized carbons (Fsp3) is 0.333. The van der Waals surface area contributed by atoms with Gasteiger partial charge in [-0.15, -0.1) is 11.3 Å². The van der Waals surface area contributed by atoms with Crippen LogP contribution in [-0.2, 0) is 4.74 Å². The maximum Gasteiger partial charge on any atom is 0.348 e. The van der Waals surface area contributed by atoms with E-state index in [1.165, 1.54) is 18.4 Å². The molecule has 0 aliphatic carbocycles. The first-order chi connectivity index (χ1) is 12.4. The van der Waals surface area contributed by atoms with E-state index in [9.17, 15) is 4.79 Å². The van der Waals surface area contributed by atoms with Crippen LogP contribution in [0.3, 0.4) is 0 Å². The van der Waals surface area contributed by atoms with Gasteiger partial charge in [0.25, 0.3) is 0 Å². The molecule has 0 aliphatic rings. The van der Waals surface area contributed by atoms with Crippen LogP contribution in [0, 0.1) is 13.8 Å². The molecule has 0 bridgehead atoms. The van der Waals surface area contributed by atoms with Gasteiger partial charge in [-0.3, -0.25) is 0 Å². The number of aromatic nitrogens is 4. The topological polar surface area (TPSA) is 81.9 Å². The van der Waals surface area contributed by atoms with Gasteiger partial charge < -0.3 is 14.6 Å². The number of hydrogen-bond acceptors (Lipinski definition) is 7. The molecule has 0 aromatic carbocycles.